The van der Waals surface area contributed by atoms with Crippen LogP contribution < -0.4 is 4.74 Å². The standard InChI is InChI=1S/C10H10O5/c1-6-2-7(10(13)14)4-8(3-6)15-5-9(11)12/h2-4H,5H2,1H3,(H,11,12)(H,13,14). The van der Waals surface area contributed by atoms with Crippen LogP contribution in [0.3, 0.4) is 0 Å². The summed E-state index contributed by atoms with van der Waals surface area (Å²) in [6.45, 7) is 1.22. The van der Waals surface area contributed by atoms with Crippen LogP contribution in [0.25, 0.3) is 0 Å². The summed E-state index contributed by atoms with van der Waals surface area (Å²) in [6.07, 6.45) is 0. The molecule has 0 aliphatic rings. The first kappa shape index (κ1) is 11.0. The van der Waals surface area contributed by atoms with Gasteiger partial charge in [-0.25, -0.2) is 9.59 Å². The highest BCUT2D eigenvalue weighted by Gasteiger charge is 2.07. The van der Waals surface area contributed by atoms with Crippen LogP contribution in [0.15, 0.2) is 18.2 Å². The van der Waals surface area contributed by atoms with Gasteiger partial charge in [-0.2, -0.15) is 0 Å². The van der Waals surface area contributed by atoms with E-state index in [1.807, 2.05) is 0 Å². The minimum atomic E-state index is -1.10. The lowest BCUT2D eigenvalue weighted by molar-refractivity contribution is -0.139. The van der Waals surface area contributed by atoms with Gasteiger partial charge in [-0.1, -0.05) is 0 Å². The second kappa shape index (κ2) is 4.45. The first-order valence-electron chi connectivity index (χ1n) is 4.18. The highest BCUT2D eigenvalue weighted by molar-refractivity contribution is 5.88. The van der Waals surface area contributed by atoms with E-state index in [2.05, 4.69) is 0 Å². The summed E-state index contributed by atoms with van der Waals surface area (Å²) in [6, 6.07) is 4.35. The van der Waals surface area contributed by atoms with Gasteiger partial charge in [0.05, 0.1) is 5.56 Å². The van der Waals surface area contributed by atoms with Crippen LogP contribution >= 0.6 is 0 Å². The highest BCUT2D eigenvalue weighted by atomic mass is 16.5. The van der Waals surface area contributed by atoms with Crippen molar-refractivity contribution in [2.75, 3.05) is 6.61 Å². The molecule has 2 N–H and O–H groups in total. The normalized spacial score (nSPS) is 9.67. The predicted octanol–water partition coefficient (Wildman–Crippen LogP) is 1.16. The zero-order valence-corrected chi connectivity index (χ0v) is 8.06. The lowest BCUT2D eigenvalue weighted by Crippen LogP contribution is -2.10. The summed E-state index contributed by atoms with van der Waals surface area (Å²) >= 11 is 0. The summed E-state index contributed by atoms with van der Waals surface area (Å²) in [4.78, 5) is 20.9. The second-order valence-electron chi connectivity index (χ2n) is 3.02. The van der Waals surface area contributed by atoms with Gasteiger partial charge in [-0.3, -0.25) is 0 Å². The number of hydrogen-bond acceptors (Lipinski definition) is 3. The third-order valence-corrected chi connectivity index (χ3v) is 1.66. The number of carboxylic acids is 2. The van der Waals surface area contributed by atoms with Crippen molar-refractivity contribution in [3.05, 3.63) is 29.3 Å². The van der Waals surface area contributed by atoms with Crippen molar-refractivity contribution in [1.82, 2.24) is 0 Å². The first-order valence-corrected chi connectivity index (χ1v) is 4.18. The molecule has 15 heavy (non-hydrogen) atoms. The molecule has 0 bridgehead atoms. The van der Waals surface area contributed by atoms with Crippen LogP contribution in [0.1, 0.15) is 15.9 Å². The van der Waals surface area contributed by atoms with E-state index >= 15 is 0 Å². The predicted molar refractivity (Wildman–Crippen MR) is 51.3 cm³/mol. The summed E-state index contributed by atoms with van der Waals surface area (Å²) in [5.41, 5.74) is 0.783. The molecule has 0 atom stereocenters. The van der Waals surface area contributed by atoms with Crippen molar-refractivity contribution < 1.29 is 24.5 Å². The molecule has 0 aliphatic heterocycles. The summed E-state index contributed by atoms with van der Waals surface area (Å²) < 4.78 is 4.88. The van der Waals surface area contributed by atoms with Crippen LogP contribution in [0, 0.1) is 6.92 Å². The molecular formula is C10H10O5. The molecule has 5 heteroatoms. The van der Waals surface area contributed by atoms with Crippen LogP contribution in [-0.2, 0) is 4.79 Å². The summed E-state index contributed by atoms with van der Waals surface area (Å²) in [7, 11) is 0. The third kappa shape index (κ3) is 3.30. The number of hydrogen-bond donors (Lipinski definition) is 2. The number of aromatic carboxylic acids is 1. The van der Waals surface area contributed by atoms with E-state index in [0.717, 1.165) is 0 Å². The van der Waals surface area contributed by atoms with Crippen molar-refractivity contribution in [3.8, 4) is 5.75 Å². The number of aryl methyl sites for hydroxylation is 1. The van der Waals surface area contributed by atoms with E-state index in [0.29, 0.717) is 5.56 Å². The van der Waals surface area contributed by atoms with Crippen LogP contribution in [0.2, 0.25) is 0 Å². The van der Waals surface area contributed by atoms with Crippen LogP contribution in [0.4, 0.5) is 0 Å². The maximum atomic E-state index is 10.7. The van der Waals surface area contributed by atoms with E-state index in [4.69, 9.17) is 14.9 Å². The van der Waals surface area contributed by atoms with Gasteiger partial charge in [0.1, 0.15) is 5.75 Å². The van der Waals surface area contributed by atoms with Crippen molar-refractivity contribution in [1.29, 1.82) is 0 Å². The lowest BCUT2D eigenvalue weighted by atomic mass is 10.1. The molecule has 0 fully saturated rings. The van der Waals surface area contributed by atoms with E-state index in [1.54, 1.807) is 13.0 Å². The van der Waals surface area contributed by atoms with Gasteiger partial charge in [0.15, 0.2) is 6.61 Å². The highest BCUT2D eigenvalue weighted by Crippen LogP contribution is 2.16. The van der Waals surface area contributed by atoms with Crippen molar-refractivity contribution >= 4 is 11.9 Å². The monoisotopic (exact) mass is 210 g/mol. The fraction of sp³-hybridized carbons (Fsp3) is 0.200. The molecular weight excluding hydrogens is 200 g/mol. The minimum Gasteiger partial charge on any atom is -0.482 e. The van der Waals surface area contributed by atoms with Crippen molar-refractivity contribution in [2.45, 2.75) is 6.92 Å². The molecule has 0 spiro atoms. The van der Waals surface area contributed by atoms with Gasteiger partial charge < -0.3 is 14.9 Å². The molecule has 1 rings (SSSR count). The summed E-state index contributed by atoms with van der Waals surface area (Å²) in [5.74, 6) is -1.93. The average Bonchev–Trinajstić information content (AvgIpc) is 2.13. The number of aliphatic carboxylic acids is 1. The SMILES string of the molecule is Cc1cc(OCC(=O)O)cc(C(=O)O)c1. The number of rotatable bonds is 4. The molecule has 0 saturated carbocycles. The molecule has 0 aliphatic carbocycles. The number of carbonyl (C=O) groups is 2. The molecule has 0 saturated heterocycles. The Morgan fingerprint density at radius 2 is 1.93 bits per heavy atom. The Labute approximate surface area is 85.9 Å². The van der Waals surface area contributed by atoms with Gasteiger partial charge >= 0.3 is 11.9 Å². The van der Waals surface area contributed by atoms with E-state index in [1.165, 1.54) is 12.1 Å². The van der Waals surface area contributed by atoms with E-state index < -0.39 is 18.5 Å². The zero-order chi connectivity index (χ0) is 11.4. The smallest absolute Gasteiger partial charge is 0.341 e. The Kier molecular flexibility index (Phi) is 3.28. The zero-order valence-electron chi connectivity index (χ0n) is 8.06. The molecule has 0 aromatic heterocycles. The molecule has 0 heterocycles. The number of ether oxygens (including phenoxy) is 1. The van der Waals surface area contributed by atoms with E-state index in [-0.39, 0.29) is 11.3 Å². The molecule has 80 valence electrons. The molecule has 0 radical (unpaired) electrons. The number of benzene rings is 1. The van der Waals surface area contributed by atoms with Gasteiger partial charge in [-0.15, -0.1) is 0 Å². The fourth-order valence-electron chi connectivity index (χ4n) is 1.10. The Balaban J connectivity index is 2.88. The molecule has 5 nitrogen and oxygen atoms in total. The first-order chi connectivity index (χ1) is 6.99. The largest absolute Gasteiger partial charge is 0.482 e. The molecule has 0 unspecified atom stereocenters. The fourth-order valence-corrected chi connectivity index (χ4v) is 1.10. The average molecular weight is 210 g/mol. The summed E-state index contributed by atoms with van der Waals surface area (Å²) in [5, 5.41) is 17.1. The quantitative estimate of drug-likeness (QED) is 0.778. The van der Waals surface area contributed by atoms with Gasteiger partial charge in [0.2, 0.25) is 0 Å². The Bertz CT molecular complexity index is 397. The maximum Gasteiger partial charge on any atom is 0.341 e. The lowest BCUT2D eigenvalue weighted by Gasteiger charge is -2.05. The van der Waals surface area contributed by atoms with Gasteiger partial charge in [0, 0.05) is 0 Å². The van der Waals surface area contributed by atoms with E-state index in [9.17, 15) is 9.59 Å². The molecule has 1 aromatic carbocycles. The Morgan fingerprint density at radius 1 is 1.27 bits per heavy atom. The topological polar surface area (TPSA) is 83.8 Å². The Hall–Kier alpha value is -2.04. The van der Waals surface area contributed by atoms with Crippen LogP contribution in [-0.4, -0.2) is 28.8 Å². The minimum absolute atomic E-state index is 0.0791. The maximum absolute atomic E-state index is 10.7. The van der Waals surface area contributed by atoms with Gasteiger partial charge in [0.25, 0.3) is 0 Å². The molecule has 0 amide bonds. The van der Waals surface area contributed by atoms with Crippen molar-refractivity contribution in [3.63, 3.8) is 0 Å². The second-order valence-corrected chi connectivity index (χ2v) is 3.02. The van der Waals surface area contributed by atoms with Gasteiger partial charge in [-0.05, 0) is 30.7 Å². The van der Waals surface area contributed by atoms with Crippen molar-refractivity contribution in [2.24, 2.45) is 0 Å². The third-order valence-electron chi connectivity index (χ3n) is 1.66. The van der Waals surface area contributed by atoms with Crippen LogP contribution in [0.5, 0.6) is 5.75 Å². The Morgan fingerprint density at radius 3 is 2.47 bits per heavy atom. The number of carboxylic acid groups (broad SMARTS) is 2. The molecule has 1 aromatic rings.